The fraction of sp³-hybridized carbons (Fsp3) is 0.650. The number of carbonyl (C=O) groups excluding carboxylic acids is 1. The van der Waals surface area contributed by atoms with Crippen molar-refractivity contribution in [2.24, 2.45) is 29.1 Å². The molecule has 22 heavy (non-hydrogen) atoms. The summed E-state index contributed by atoms with van der Waals surface area (Å²) in [5, 5.41) is 10.9. The molecule has 120 valence electrons. The summed E-state index contributed by atoms with van der Waals surface area (Å²) in [6, 6.07) is 0. The number of hydrogen-bond acceptors (Lipinski definition) is 2. The number of carbonyl (C=O) groups is 1. The van der Waals surface area contributed by atoms with Crippen molar-refractivity contribution in [1.29, 1.82) is 0 Å². The van der Waals surface area contributed by atoms with E-state index in [9.17, 15) is 9.90 Å². The van der Waals surface area contributed by atoms with Gasteiger partial charge in [-0.25, -0.2) is 0 Å². The Labute approximate surface area is 134 Å². The predicted octanol–water partition coefficient (Wildman–Crippen LogP) is 4.07. The maximum absolute atomic E-state index is 10.9. The van der Waals surface area contributed by atoms with Crippen LogP contribution in [0.1, 0.15) is 46.5 Å². The molecule has 3 rings (SSSR count). The van der Waals surface area contributed by atoms with Crippen LogP contribution in [0.3, 0.4) is 0 Å². The van der Waals surface area contributed by atoms with Crippen molar-refractivity contribution in [3.05, 3.63) is 36.0 Å². The summed E-state index contributed by atoms with van der Waals surface area (Å²) < 4.78 is 0. The second-order valence-electron chi connectivity index (χ2n) is 8.11. The van der Waals surface area contributed by atoms with Gasteiger partial charge >= 0.3 is 0 Å². The summed E-state index contributed by atoms with van der Waals surface area (Å²) in [5.41, 5.74) is 1.72. The van der Waals surface area contributed by atoms with Crippen molar-refractivity contribution in [3.8, 4) is 0 Å². The molecule has 0 aromatic heterocycles. The summed E-state index contributed by atoms with van der Waals surface area (Å²) >= 11 is 0. The molecule has 6 atom stereocenters. The largest absolute Gasteiger partial charge is 0.390 e. The Kier molecular flexibility index (Phi) is 3.71. The lowest BCUT2D eigenvalue weighted by atomic mass is 9.77. The molecule has 3 saturated carbocycles. The minimum Gasteiger partial charge on any atom is -0.390 e. The molecule has 0 radical (unpaired) electrons. The molecule has 0 aromatic rings. The monoisotopic (exact) mass is 300 g/mol. The number of aldehydes is 1. The van der Waals surface area contributed by atoms with Crippen LogP contribution in [0, 0.1) is 29.1 Å². The van der Waals surface area contributed by atoms with Gasteiger partial charge in [-0.2, -0.15) is 0 Å². The molecule has 0 amide bonds. The summed E-state index contributed by atoms with van der Waals surface area (Å²) in [4.78, 5) is 10.7. The first kappa shape index (κ1) is 15.7. The average Bonchev–Trinajstić information content (AvgIpc) is 2.95. The molecule has 2 nitrogen and oxygen atoms in total. The second-order valence-corrected chi connectivity index (χ2v) is 8.11. The van der Waals surface area contributed by atoms with Crippen LogP contribution < -0.4 is 0 Å². The van der Waals surface area contributed by atoms with Crippen LogP contribution in [0.4, 0.5) is 0 Å². The van der Waals surface area contributed by atoms with Gasteiger partial charge in [-0.1, -0.05) is 37.3 Å². The minimum absolute atomic E-state index is 0.164. The first-order valence-electron chi connectivity index (χ1n) is 8.52. The quantitative estimate of drug-likeness (QED) is 0.369. The molecule has 2 heteroatoms. The van der Waals surface area contributed by atoms with Gasteiger partial charge in [-0.3, -0.25) is 4.79 Å². The summed E-state index contributed by atoms with van der Waals surface area (Å²) in [7, 11) is 0. The number of hydrogen-bond donors (Lipinski definition) is 1. The molecule has 0 saturated heterocycles. The molecule has 0 unspecified atom stereocenters. The van der Waals surface area contributed by atoms with Crippen molar-refractivity contribution < 1.29 is 9.90 Å². The van der Waals surface area contributed by atoms with Crippen LogP contribution in [0.2, 0.25) is 0 Å². The Morgan fingerprint density at radius 2 is 2.05 bits per heavy atom. The Hall–Kier alpha value is -1.15. The highest BCUT2D eigenvalue weighted by Gasteiger charge is 2.68. The fourth-order valence-electron chi connectivity index (χ4n) is 5.32. The zero-order valence-corrected chi connectivity index (χ0v) is 14.0. The first-order chi connectivity index (χ1) is 10.3. The highest BCUT2D eigenvalue weighted by atomic mass is 16.3. The molecule has 1 N–H and O–H groups in total. The van der Waals surface area contributed by atoms with E-state index in [1.807, 2.05) is 26.0 Å². The molecular weight excluding hydrogens is 272 g/mol. The lowest BCUT2D eigenvalue weighted by Gasteiger charge is -2.31. The smallest absolute Gasteiger partial charge is 0.145 e. The third kappa shape index (κ3) is 2.32. The maximum Gasteiger partial charge on any atom is 0.145 e. The van der Waals surface area contributed by atoms with Crippen molar-refractivity contribution in [2.75, 3.05) is 0 Å². The van der Waals surface area contributed by atoms with Gasteiger partial charge in [0.15, 0.2) is 0 Å². The van der Waals surface area contributed by atoms with Gasteiger partial charge in [-0.05, 0) is 74.2 Å². The van der Waals surface area contributed by atoms with E-state index < -0.39 is 5.60 Å². The summed E-state index contributed by atoms with van der Waals surface area (Å²) in [6.45, 7) is 10.5. The van der Waals surface area contributed by atoms with Crippen molar-refractivity contribution in [1.82, 2.24) is 0 Å². The first-order valence-corrected chi connectivity index (χ1v) is 8.52. The van der Waals surface area contributed by atoms with Crippen LogP contribution in [0.25, 0.3) is 0 Å². The number of aliphatic hydroxyl groups is 1. The van der Waals surface area contributed by atoms with Gasteiger partial charge in [-0.15, -0.1) is 0 Å². The van der Waals surface area contributed by atoms with Gasteiger partial charge in [0.2, 0.25) is 0 Å². The standard InChI is InChI=1S/C20H28O2/c1-13(12-21)6-5-10-19(3)16-8-7-14(2)15-9-11-20(4,22)17(15)18(16)19/h5-6,10,12,15-18,22H,2,7-9,11H2,1,3-4H3/b10-5+,13-6-/t15-,16-,17+,18+,19-,20+/m1/s1. The molecular formula is C20H28O2. The van der Waals surface area contributed by atoms with E-state index in [2.05, 4.69) is 19.6 Å². The van der Waals surface area contributed by atoms with Crippen LogP contribution in [0.5, 0.6) is 0 Å². The maximum atomic E-state index is 10.9. The van der Waals surface area contributed by atoms with E-state index in [0.717, 1.165) is 31.1 Å². The Morgan fingerprint density at radius 3 is 2.73 bits per heavy atom. The average molecular weight is 300 g/mol. The minimum atomic E-state index is -0.555. The van der Waals surface area contributed by atoms with Crippen LogP contribution in [0.15, 0.2) is 36.0 Å². The van der Waals surface area contributed by atoms with E-state index >= 15 is 0 Å². The normalized spacial score (nSPS) is 48.0. The van der Waals surface area contributed by atoms with E-state index in [1.54, 1.807) is 0 Å². The predicted molar refractivity (Wildman–Crippen MR) is 89.3 cm³/mol. The van der Waals surface area contributed by atoms with E-state index in [0.29, 0.717) is 23.7 Å². The lowest BCUT2D eigenvalue weighted by molar-refractivity contribution is -0.104. The lowest BCUT2D eigenvalue weighted by Crippen LogP contribution is -2.35. The van der Waals surface area contributed by atoms with E-state index in [1.165, 1.54) is 12.0 Å². The van der Waals surface area contributed by atoms with E-state index in [-0.39, 0.29) is 5.41 Å². The molecule has 3 aliphatic carbocycles. The van der Waals surface area contributed by atoms with Crippen LogP contribution in [-0.2, 0) is 4.79 Å². The molecule has 3 fully saturated rings. The molecule has 0 spiro atoms. The second kappa shape index (κ2) is 5.19. The zero-order chi connectivity index (χ0) is 16.1. The highest BCUT2D eigenvalue weighted by Crippen LogP contribution is 2.72. The number of fused-ring (bicyclic) bond motifs is 3. The third-order valence-corrected chi connectivity index (χ3v) is 6.64. The summed E-state index contributed by atoms with van der Waals surface area (Å²) in [6.07, 6.45) is 11.4. The SMILES string of the molecule is C=C1CC[C@@H]2[C@@H]([C@@H]3[C@@H]1CC[C@]3(C)O)[C@]2(C)/C=C/C=C(/C)C=O. The van der Waals surface area contributed by atoms with Gasteiger partial charge in [0, 0.05) is 0 Å². The van der Waals surface area contributed by atoms with Crippen molar-refractivity contribution in [2.45, 2.75) is 52.1 Å². The topological polar surface area (TPSA) is 37.3 Å². The molecule has 0 heterocycles. The van der Waals surface area contributed by atoms with Crippen LogP contribution >= 0.6 is 0 Å². The molecule has 0 bridgehead atoms. The Bertz CT molecular complexity index is 554. The molecule has 0 aromatic carbocycles. The van der Waals surface area contributed by atoms with Gasteiger partial charge in [0.1, 0.15) is 6.29 Å². The Morgan fingerprint density at radius 1 is 1.32 bits per heavy atom. The van der Waals surface area contributed by atoms with Gasteiger partial charge in [0.05, 0.1) is 5.60 Å². The van der Waals surface area contributed by atoms with Gasteiger partial charge < -0.3 is 5.11 Å². The van der Waals surface area contributed by atoms with Crippen LogP contribution in [-0.4, -0.2) is 17.0 Å². The zero-order valence-electron chi connectivity index (χ0n) is 14.0. The highest BCUT2D eigenvalue weighted by molar-refractivity contribution is 5.72. The number of allylic oxidation sites excluding steroid dienone is 5. The van der Waals surface area contributed by atoms with Gasteiger partial charge in [0.25, 0.3) is 0 Å². The summed E-state index contributed by atoms with van der Waals surface area (Å²) in [5.74, 6) is 2.03. The van der Waals surface area contributed by atoms with Crippen molar-refractivity contribution >= 4 is 6.29 Å². The Balaban J connectivity index is 1.86. The molecule has 0 aliphatic heterocycles. The molecule has 3 aliphatic rings. The number of rotatable bonds is 3. The fourth-order valence-corrected chi connectivity index (χ4v) is 5.32. The third-order valence-electron chi connectivity index (χ3n) is 6.64. The van der Waals surface area contributed by atoms with Crippen molar-refractivity contribution in [3.63, 3.8) is 0 Å². The van der Waals surface area contributed by atoms with E-state index in [4.69, 9.17) is 0 Å².